The third kappa shape index (κ3) is 12.6. The first-order chi connectivity index (χ1) is 15.3. The summed E-state index contributed by atoms with van der Waals surface area (Å²) >= 11 is 0. The van der Waals surface area contributed by atoms with Crippen molar-refractivity contribution in [2.24, 2.45) is 0 Å². The van der Waals surface area contributed by atoms with E-state index in [0.29, 0.717) is 11.8 Å². The van der Waals surface area contributed by atoms with Crippen LogP contribution in [0, 0.1) is 0 Å². The van der Waals surface area contributed by atoms with Gasteiger partial charge in [0.1, 0.15) is 5.75 Å². The highest BCUT2D eigenvalue weighted by Gasteiger charge is 2.18. The topological polar surface area (TPSA) is 32.3 Å². The monoisotopic (exact) mass is 429 g/mol. The van der Waals surface area contributed by atoms with Crippen molar-refractivity contribution in [3.63, 3.8) is 0 Å². The fourth-order valence-corrected chi connectivity index (χ4v) is 5.07. The van der Waals surface area contributed by atoms with E-state index in [1.54, 1.807) is 0 Å². The standard InChI is InChI=1S/C29H51NO/c1-2-3-4-5-6-7-8-9-10-11-12-13-14-15-16-17-18-23-30-28-21-19-27-25-29(31)22-20-26(27)24-28/h20,22,25,28,30-31H,2-19,21,23-24H2,1H3. The Bertz CT molecular complexity index is 556. The lowest BCUT2D eigenvalue weighted by Crippen LogP contribution is -2.35. The number of aryl methyl sites for hydroxylation is 1. The highest BCUT2D eigenvalue weighted by Crippen LogP contribution is 2.25. The van der Waals surface area contributed by atoms with Gasteiger partial charge in [0.25, 0.3) is 0 Å². The Kier molecular flexibility index (Phi) is 14.8. The zero-order chi connectivity index (χ0) is 22.0. The number of unbranched alkanes of at least 4 members (excludes halogenated alkanes) is 16. The van der Waals surface area contributed by atoms with Gasteiger partial charge < -0.3 is 10.4 Å². The molecule has 0 amide bonds. The van der Waals surface area contributed by atoms with Crippen LogP contribution in [0.5, 0.6) is 5.75 Å². The summed E-state index contributed by atoms with van der Waals surface area (Å²) in [4.78, 5) is 0. The molecule has 2 heteroatoms. The van der Waals surface area contributed by atoms with Crippen LogP contribution in [0.2, 0.25) is 0 Å². The molecule has 2 rings (SSSR count). The molecule has 0 aliphatic heterocycles. The molecule has 0 saturated heterocycles. The lowest BCUT2D eigenvalue weighted by molar-refractivity contribution is 0.441. The van der Waals surface area contributed by atoms with Crippen LogP contribution >= 0.6 is 0 Å². The van der Waals surface area contributed by atoms with E-state index < -0.39 is 0 Å². The van der Waals surface area contributed by atoms with Crippen molar-refractivity contribution in [2.75, 3.05) is 6.54 Å². The Morgan fingerprint density at radius 2 is 1.23 bits per heavy atom. The van der Waals surface area contributed by atoms with Crippen molar-refractivity contribution in [1.82, 2.24) is 5.32 Å². The summed E-state index contributed by atoms with van der Waals surface area (Å²) in [6.45, 7) is 3.46. The largest absolute Gasteiger partial charge is 0.508 e. The average molecular weight is 430 g/mol. The van der Waals surface area contributed by atoms with E-state index in [1.807, 2.05) is 12.1 Å². The van der Waals surface area contributed by atoms with Gasteiger partial charge in [0.15, 0.2) is 0 Å². The molecule has 178 valence electrons. The molecule has 0 radical (unpaired) electrons. The number of aromatic hydroxyl groups is 1. The molecule has 31 heavy (non-hydrogen) atoms. The van der Waals surface area contributed by atoms with Gasteiger partial charge in [-0.2, -0.15) is 0 Å². The van der Waals surface area contributed by atoms with E-state index in [9.17, 15) is 5.11 Å². The minimum Gasteiger partial charge on any atom is -0.508 e. The van der Waals surface area contributed by atoms with Gasteiger partial charge in [0.05, 0.1) is 0 Å². The number of fused-ring (bicyclic) bond motifs is 1. The summed E-state index contributed by atoms with van der Waals surface area (Å²) in [6.07, 6.45) is 27.8. The second-order valence-corrected chi connectivity index (χ2v) is 10.0. The molecule has 1 aromatic rings. The number of benzene rings is 1. The van der Waals surface area contributed by atoms with Gasteiger partial charge in [-0.05, 0) is 55.5 Å². The van der Waals surface area contributed by atoms with E-state index in [0.717, 1.165) is 19.4 Å². The zero-order valence-corrected chi connectivity index (χ0v) is 20.6. The van der Waals surface area contributed by atoms with Crippen molar-refractivity contribution in [1.29, 1.82) is 0 Å². The molecule has 0 saturated carbocycles. The number of rotatable bonds is 19. The number of phenolic OH excluding ortho intramolecular Hbond substituents is 1. The third-order valence-electron chi connectivity index (χ3n) is 7.13. The van der Waals surface area contributed by atoms with E-state index in [-0.39, 0.29) is 0 Å². The smallest absolute Gasteiger partial charge is 0.115 e. The molecule has 0 spiro atoms. The minimum atomic E-state index is 0.411. The molecular formula is C29H51NO. The second kappa shape index (κ2) is 17.5. The number of hydrogen-bond acceptors (Lipinski definition) is 2. The Labute approximate surface area is 193 Å². The zero-order valence-electron chi connectivity index (χ0n) is 20.6. The molecule has 0 heterocycles. The van der Waals surface area contributed by atoms with Crippen LogP contribution in [0.25, 0.3) is 0 Å². The molecule has 1 aliphatic rings. The van der Waals surface area contributed by atoms with Gasteiger partial charge in [0.2, 0.25) is 0 Å². The lowest BCUT2D eigenvalue weighted by Gasteiger charge is -2.25. The third-order valence-corrected chi connectivity index (χ3v) is 7.13. The first-order valence-electron chi connectivity index (χ1n) is 13.8. The first kappa shape index (κ1) is 26.2. The molecule has 1 unspecified atom stereocenters. The molecule has 0 bridgehead atoms. The van der Waals surface area contributed by atoms with Crippen molar-refractivity contribution in [2.45, 2.75) is 141 Å². The SMILES string of the molecule is CCCCCCCCCCCCCCCCCCCNC1CCc2cc(O)ccc2C1. The fraction of sp³-hybridized carbons (Fsp3) is 0.793. The lowest BCUT2D eigenvalue weighted by atomic mass is 9.88. The minimum absolute atomic E-state index is 0.411. The molecule has 1 atom stereocenters. The van der Waals surface area contributed by atoms with E-state index in [4.69, 9.17) is 0 Å². The summed E-state index contributed by atoms with van der Waals surface area (Å²) < 4.78 is 0. The molecule has 1 aromatic carbocycles. The van der Waals surface area contributed by atoms with Crippen molar-refractivity contribution >= 4 is 0 Å². The quantitative estimate of drug-likeness (QED) is 0.216. The van der Waals surface area contributed by atoms with Crippen LogP contribution in [0.15, 0.2) is 18.2 Å². The van der Waals surface area contributed by atoms with Gasteiger partial charge in [-0.3, -0.25) is 0 Å². The number of nitrogens with one attached hydrogen (secondary N) is 1. The summed E-state index contributed by atoms with van der Waals surface area (Å²) in [7, 11) is 0. The predicted molar refractivity (Wildman–Crippen MR) is 136 cm³/mol. The highest BCUT2D eigenvalue weighted by atomic mass is 16.3. The Balaban J connectivity index is 1.29. The van der Waals surface area contributed by atoms with Crippen LogP contribution < -0.4 is 5.32 Å². The molecule has 0 fully saturated rings. The maximum Gasteiger partial charge on any atom is 0.115 e. The maximum atomic E-state index is 9.61. The Morgan fingerprint density at radius 1 is 0.710 bits per heavy atom. The first-order valence-corrected chi connectivity index (χ1v) is 13.8. The van der Waals surface area contributed by atoms with Gasteiger partial charge in [-0.15, -0.1) is 0 Å². The summed E-state index contributed by atoms with van der Waals surface area (Å²) in [5.41, 5.74) is 2.76. The van der Waals surface area contributed by atoms with E-state index in [2.05, 4.69) is 18.3 Å². The van der Waals surface area contributed by atoms with Crippen LogP contribution in [0.1, 0.15) is 134 Å². The summed E-state index contributed by atoms with van der Waals surface area (Å²) in [6, 6.07) is 6.51. The van der Waals surface area contributed by atoms with Crippen LogP contribution in [-0.4, -0.2) is 17.7 Å². The molecular weight excluding hydrogens is 378 g/mol. The van der Waals surface area contributed by atoms with Crippen molar-refractivity contribution in [3.05, 3.63) is 29.3 Å². The molecule has 1 aliphatic carbocycles. The normalized spacial score (nSPS) is 15.8. The molecule has 2 nitrogen and oxygen atoms in total. The Morgan fingerprint density at radius 3 is 1.77 bits per heavy atom. The maximum absolute atomic E-state index is 9.61. The van der Waals surface area contributed by atoms with Gasteiger partial charge >= 0.3 is 0 Å². The van der Waals surface area contributed by atoms with Gasteiger partial charge in [0, 0.05) is 6.04 Å². The number of phenols is 1. The van der Waals surface area contributed by atoms with Crippen LogP contribution in [-0.2, 0) is 12.8 Å². The summed E-state index contributed by atoms with van der Waals surface area (Å²) in [5, 5.41) is 13.4. The molecule has 0 aromatic heterocycles. The fourth-order valence-electron chi connectivity index (χ4n) is 5.07. The highest BCUT2D eigenvalue weighted by molar-refractivity contribution is 5.37. The molecule has 2 N–H and O–H groups in total. The van der Waals surface area contributed by atoms with E-state index in [1.165, 1.54) is 127 Å². The van der Waals surface area contributed by atoms with Crippen molar-refractivity contribution in [3.8, 4) is 5.75 Å². The second-order valence-electron chi connectivity index (χ2n) is 10.0. The summed E-state index contributed by atoms with van der Waals surface area (Å²) in [5.74, 6) is 0.411. The van der Waals surface area contributed by atoms with Crippen molar-refractivity contribution < 1.29 is 5.11 Å². The number of hydrogen-bond donors (Lipinski definition) is 2. The van der Waals surface area contributed by atoms with Crippen LogP contribution in [0.3, 0.4) is 0 Å². The average Bonchev–Trinajstić information content (AvgIpc) is 2.78. The van der Waals surface area contributed by atoms with Crippen LogP contribution in [0.4, 0.5) is 0 Å². The van der Waals surface area contributed by atoms with Gasteiger partial charge in [-0.1, -0.05) is 116 Å². The van der Waals surface area contributed by atoms with E-state index >= 15 is 0 Å². The Hall–Kier alpha value is -1.02. The predicted octanol–water partition coefficient (Wildman–Crippen LogP) is 8.49. The van der Waals surface area contributed by atoms with Gasteiger partial charge in [-0.25, -0.2) is 0 Å².